The van der Waals surface area contributed by atoms with Gasteiger partial charge in [0.1, 0.15) is 5.75 Å². The first-order chi connectivity index (χ1) is 12.7. The number of anilines is 1. The van der Waals surface area contributed by atoms with E-state index < -0.39 is 0 Å². The summed E-state index contributed by atoms with van der Waals surface area (Å²) in [6.45, 7) is 2.67. The van der Waals surface area contributed by atoms with Crippen molar-refractivity contribution >= 4 is 11.6 Å². The molecule has 0 heterocycles. The molecule has 0 spiro atoms. The summed E-state index contributed by atoms with van der Waals surface area (Å²) in [6, 6.07) is 25.4. The topological polar surface area (TPSA) is 38.3 Å². The smallest absolute Gasteiger partial charge is 0.255 e. The Labute approximate surface area is 154 Å². The van der Waals surface area contributed by atoms with Crippen LogP contribution in [0.15, 0.2) is 78.9 Å². The highest BCUT2D eigenvalue weighted by atomic mass is 16.5. The number of aryl methyl sites for hydroxylation is 2. The van der Waals surface area contributed by atoms with Crippen LogP contribution in [0.3, 0.4) is 0 Å². The van der Waals surface area contributed by atoms with Gasteiger partial charge in [-0.1, -0.05) is 48.0 Å². The Bertz CT molecular complexity index is 824. The van der Waals surface area contributed by atoms with E-state index in [0.717, 1.165) is 29.8 Å². The molecule has 0 aliphatic rings. The molecule has 0 saturated carbocycles. The van der Waals surface area contributed by atoms with Crippen LogP contribution >= 0.6 is 0 Å². The highest BCUT2D eigenvalue weighted by Crippen LogP contribution is 2.17. The van der Waals surface area contributed by atoms with Crippen molar-refractivity contribution < 1.29 is 9.53 Å². The molecule has 0 aliphatic heterocycles. The lowest BCUT2D eigenvalue weighted by atomic mass is 10.1. The number of ether oxygens (including phenoxy) is 1. The van der Waals surface area contributed by atoms with Gasteiger partial charge in [0.15, 0.2) is 0 Å². The van der Waals surface area contributed by atoms with Gasteiger partial charge in [0.05, 0.1) is 6.61 Å². The maximum absolute atomic E-state index is 12.2. The third-order valence-electron chi connectivity index (χ3n) is 4.15. The van der Waals surface area contributed by atoms with Crippen molar-refractivity contribution in [3.8, 4) is 5.75 Å². The highest BCUT2D eigenvalue weighted by Gasteiger charge is 2.05. The maximum Gasteiger partial charge on any atom is 0.255 e. The summed E-state index contributed by atoms with van der Waals surface area (Å²) in [5.74, 6) is 0.702. The third-order valence-corrected chi connectivity index (χ3v) is 4.15. The number of carbonyl (C=O) groups excluding carboxylic acids is 1. The standard InChI is InChI=1S/C23H23NO2/c1-18-9-11-20(12-10-18)23(25)24-21-13-15-22(16-14-21)26-17-5-8-19-6-3-2-4-7-19/h2-4,6-7,9-16H,5,8,17H2,1H3,(H,24,25). The fraction of sp³-hybridized carbons (Fsp3) is 0.174. The molecule has 1 amide bonds. The summed E-state index contributed by atoms with van der Waals surface area (Å²) in [6.07, 6.45) is 1.97. The Balaban J connectivity index is 1.45. The largest absolute Gasteiger partial charge is 0.494 e. The summed E-state index contributed by atoms with van der Waals surface area (Å²) < 4.78 is 5.77. The normalized spacial score (nSPS) is 10.3. The van der Waals surface area contributed by atoms with Gasteiger partial charge in [-0.15, -0.1) is 0 Å². The molecule has 3 nitrogen and oxygen atoms in total. The van der Waals surface area contributed by atoms with Crippen LogP contribution < -0.4 is 10.1 Å². The minimum atomic E-state index is -0.110. The van der Waals surface area contributed by atoms with Crippen molar-refractivity contribution in [2.45, 2.75) is 19.8 Å². The molecule has 3 aromatic carbocycles. The molecule has 0 aliphatic carbocycles. The van der Waals surface area contributed by atoms with Crippen LogP contribution in [-0.4, -0.2) is 12.5 Å². The second-order valence-corrected chi connectivity index (χ2v) is 6.28. The molecule has 1 N–H and O–H groups in total. The second-order valence-electron chi connectivity index (χ2n) is 6.28. The van der Waals surface area contributed by atoms with Crippen molar-refractivity contribution in [3.63, 3.8) is 0 Å². The Morgan fingerprint density at radius 3 is 2.27 bits per heavy atom. The number of rotatable bonds is 7. The number of hydrogen-bond donors (Lipinski definition) is 1. The molecular weight excluding hydrogens is 322 g/mol. The Morgan fingerprint density at radius 1 is 0.885 bits per heavy atom. The minimum Gasteiger partial charge on any atom is -0.494 e. The van der Waals surface area contributed by atoms with Gasteiger partial charge in [-0.05, 0) is 61.7 Å². The average molecular weight is 345 g/mol. The molecule has 0 atom stereocenters. The zero-order chi connectivity index (χ0) is 18.2. The van der Waals surface area contributed by atoms with Gasteiger partial charge in [0.2, 0.25) is 0 Å². The van der Waals surface area contributed by atoms with E-state index in [0.29, 0.717) is 12.2 Å². The molecule has 26 heavy (non-hydrogen) atoms. The van der Waals surface area contributed by atoms with E-state index in [1.165, 1.54) is 5.56 Å². The molecular formula is C23H23NO2. The lowest BCUT2D eigenvalue weighted by Gasteiger charge is -2.09. The SMILES string of the molecule is Cc1ccc(C(=O)Nc2ccc(OCCCc3ccccc3)cc2)cc1. The molecule has 0 unspecified atom stereocenters. The predicted octanol–water partition coefficient (Wildman–Crippen LogP) is 5.26. The fourth-order valence-corrected chi connectivity index (χ4v) is 2.65. The van der Waals surface area contributed by atoms with Crippen LogP contribution in [0.5, 0.6) is 5.75 Å². The van der Waals surface area contributed by atoms with Gasteiger partial charge in [0.25, 0.3) is 5.91 Å². The zero-order valence-electron chi connectivity index (χ0n) is 14.9. The van der Waals surface area contributed by atoms with Crippen LogP contribution in [0.4, 0.5) is 5.69 Å². The fourth-order valence-electron chi connectivity index (χ4n) is 2.65. The number of benzene rings is 3. The summed E-state index contributed by atoms with van der Waals surface area (Å²) in [5, 5.41) is 2.90. The monoisotopic (exact) mass is 345 g/mol. The molecule has 0 aromatic heterocycles. The van der Waals surface area contributed by atoms with Gasteiger partial charge in [-0.3, -0.25) is 4.79 Å². The highest BCUT2D eigenvalue weighted by molar-refractivity contribution is 6.04. The van der Waals surface area contributed by atoms with Crippen LogP contribution in [0.2, 0.25) is 0 Å². The summed E-state index contributed by atoms with van der Waals surface area (Å²) in [7, 11) is 0. The average Bonchev–Trinajstić information content (AvgIpc) is 2.68. The van der Waals surface area contributed by atoms with Gasteiger partial charge in [0, 0.05) is 11.3 Å². The Morgan fingerprint density at radius 2 is 1.58 bits per heavy atom. The van der Waals surface area contributed by atoms with Crippen molar-refractivity contribution in [2.75, 3.05) is 11.9 Å². The third kappa shape index (κ3) is 5.21. The van der Waals surface area contributed by atoms with Crippen molar-refractivity contribution in [3.05, 3.63) is 95.6 Å². The van der Waals surface area contributed by atoms with E-state index in [9.17, 15) is 4.79 Å². The Kier molecular flexibility index (Phi) is 6.05. The first kappa shape index (κ1) is 17.7. The van der Waals surface area contributed by atoms with E-state index >= 15 is 0 Å². The Hall–Kier alpha value is -3.07. The first-order valence-electron chi connectivity index (χ1n) is 8.85. The maximum atomic E-state index is 12.2. The molecule has 3 heteroatoms. The van der Waals surface area contributed by atoms with E-state index in [2.05, 4.69) is 29.6 Å². The number of nitrogens with one attached hydrogen (secondary N) is 1. The van der Waals surface area contributed by atoms with Crippen LogP contribution in [0.25, 0.3) is 0 Å². The first-order valence-corrected chi connectivity index (χ1v) is 8.85. The quantitative estimate of drug-likeness (QED) is 0.593. The number of carbonyl (C=O) groups is 1. The van der Waals surface area contributed by atoms with E-state index in [1.54, 1.807) is 0 Å². The van der Waals surface area contributed by atoms with E-state index in [4.69, 9.17) is 4.74 Å². The summed E-state index contributed by atoms with van der Waals surface area (Å²) in [4.78, 5) is 12.2. The minimum absolute atomic E-state index is 0.110. The van der Waals surface area contributed by atoms with Gasteiger partial charge < -0.3 is 10.1 Å². The molecule has 0 saturated heterocycles. The van der Waals surface area contributed by atoms with Crippen LogP contribution in [0, 0.1) is 6.92 Å². The van der Waals surface area contributed by atoms with Crippen LogP contribution in [-0.2, 0) is 6.42 Å². The van der Waals surface area contributed by atoms with Crippen molar-refractivity contribution in [1.82, 2.24) is 0 Å². The molecule has 0 radical (unpaired) electrons. The van der Waals surface area contributed by atoms with Crippen molar-refractivity contribution in [1.29, 1.82) is 0 Å². The zero-order valence-corrected chi connectivity index (χ0v) is 14.9. The summed E-state index contributed by atoms with van der Waals surface area (Å²) in [5.41, 5.74) is 3.87. The van der Waals surface area contributed by atoms with E-state index in [-0.39, 0.29) is 5.91 Å². The van der Waals surface area contributed by atoms with Gasteiger partial charge in [-0.2, -0.15) is 0 Å². The lowest BCUT2D eigenvalue weighted by molar-refractivity contribution is 0.102. The van der Waals surface area contributed by atoms with E-state index in [1.807, 2.05) is 61.5 Å². The second kappa shape index (κ2) is 8.86. The predicted molar refractivity (Wildman–Crippen MR) is 106 cm³/mol. The molecule has 132 valence electrons. The molecule has 0 bridgehead atoms. The number of amides is 1. The molecule has 0 fully saturated rings. The number of hydrogen-bond acceptors (Lipinski definition) is 2. The molecule has 3 aromatic rings. The van der Waals surface area contributed by atoms with Crippen LogP contribution in [0.1, 0.15) is 27.9 Å². The summed E-state index contributed by atoms with van der Waals surface area (Å²) >= 11 is 0. The van der Waals surface area contributed by atoms with Crippen molar-refractivity contribution in [2.24, 2.45) is 0 Å². The van der Waals surface area contributed by atoms with Gasteiger partial charge in [-0.25, -0.2) is 0 Å². The lowest BCUT2D eigenvalue weighted by Crippen LogP contribution is -2.11. The van der Waals surface area contributed by atoms with Gasteiger partial charge >= 0.3 is 0 Å². The molecule has 3 rings (SSSR count).